The van der Waals surface area contributed by atoms with Crippen molar-refractivity contribution in [2.75, 3.05) is 10.0 Å². The summed E-state index contributed by atoms with van der Waals surface area (Å²) < 4.78 is 27.8. The van der Waals surface area contributed by atoms with Crippen LogP contribution in [0.4, 0.5) is 10.8 Å². The molecule has 0 fully saturated rings. The van der Waals surface area contributed by atoms with E-state index in [0.717, 1.165) is 5.01 Å². The summed E-state index contributed by atoms with van der Waals surface area (Å²) in [5, 5.41) is 12.1. The fraction of sp³-hybridized carbons (Fsp3) is 0.211. The topological polar surface area (TPSA) is 101 Å². The van der Waals surface area contributed by atoms with E-state index < -0.39 is 15.9 Å². The number of anilines is 2. The summed E-state index contributed by atoms with van der Waals surface area (Å²) in [6, 6.07) is 12.2. The highest BCUT2D eigenvalue weighted by Gasteiger charge is 2.21. The third-order valence-corrected chi connectivity index (χ3v) is 6.77. The normalized spacial score (nSPS) is 11.9. The minimum absolute atomic E-state index is 0.0577. The molecule has 3 rings (SSSR count). The number of nitrogens with one attached hydrogen (secondary N) is 2. The lowest BCUT2D eigenvalue weighted by Crippen LogP contribution is -2.16. The fourth-order valence-corrected chi connectivity index (χ4v) is 4.46. The number of para-hydroxylation sites is 1. The van der Waals surface area contributed by atoms with Crippen LogP contribution in [0.1, 0.15) is 36.1 Å². The summed E-state index contributed by atoms with van der Waals surface area (Å²) in [7, 11) is -3.92. The first-order valence-corrected chi connectivity index (χ1v) is 11.3. The predicted molar refractivity (Wildman–Crippen MR) is 115 cm³/mol. The summed E-state index contributed by atoms with van der Waals surface area (Å²) >= 11 is 7.30. The Morgan fingerprint density at radius 2 is 1.79 bits per heavy atom. The van der Waals surface area contributed by atoms with Gasteiger partial charge < -0.3 is 0 Å². The van der Waals surface area contributed by atoms with Crippen molar-refractivity contribution in [3.05, 3.63) is 64.1 Å². The highest BCUT2D eigenvalue weighted by molar-refractivity contribution is 7.92. The van der Waals surface area contributed by atoms with Gasteiger partial charge in [-0.2, -0.15) is 0 Å². The van der Waals surface area contributed by atoms with Crippen LogP contribution in [0, 0.1) is 0 Å². The van der Waals surface area contributed by atoms with Crippen LogP contribution in [0.3, 0.4) is 0 Å². The molecule has 1 heterocycles. The van der Waals surface area contributed by atoms with Crippen LogP contribution in [-0.4, -0.2) is 24.5 Å². The zero-order valence-electron chi connectivity index (χ0n) is 15.9. The van der Waals surface area contributed by atoms with Crippen molar-refractivity contribution in [2.24, 2.45) is 0 Å². The molecule has 0 spiro atoms. The molecule has 152 valence electrons. The van der Waals surface area contributed by atoms with Crippen LogP contribution in [0.25, 0.3) is 0 Å². The summed E-state index contributed by atoms with van der Waals surface area (Å²) in [5.41, 5.74) is 0.256. The molecular formula is C19H19ClN4O3S2. The molecule has 0 aliphatic heterocycles. The molecule has 2 aromatic carbocycles. The largest absolute Gasteiger partial charge is 0.296 e. The molecule has 0 radical (unpaired) electrons. The number of benzene rings is 2. The Morgan fingerprint density at radius 3 is 2.45 bits per heavy atom. The number of aromatic nitrogens is 2. The summed E-state index contributed by atoms with van der Waals surface area (Å²) in [6.45, 7) is 6.00. The van der Waals surface area contributed by atoms with Crippen molar-refractivity contribution in [3.8, 4) is 0 Å². The number of carbonyl (C=O) groups excluding carboxylic acids is 1. The first-order chi connectivity index (χ1) is 13.6. The molecule has 0 saturated heterocycles. The van der Waals surface area contributed by atoms with Crippen LogP contribution in [0.15, 0.2) is 53.4 Å². The predicted octanol–water partition coefficient (Wildman–Crippen LogP) is 4.54. The highest BCUT2D eigenvalue weighted by atomic mass is 35.5. The number of rotatable bonds is 5. The third kappa shape index (κ3) is 5.11. The smallest absolute Gasteiger partial charge is 0.261 e. The Kier molecular flexibility index (Phi) is 5.92. The van der Waals surface area contributed by atoms with E-state index in [9.17, 15) is 13.2 Å². The molecule has 3 aromatic rings. The Balaban J connectivity index is 1.80. The van der Waals surface area contributed by atoms with Gasteiger partial charge >= 0.3 is 0 Å². The molecule has 2 N–H and O–H groups in total. The molecule has 1 aromatic heterocycles. The van der Waals surface area contributed by atoms with Gasteiger partial charge in [-0.05, 0) is 30.3 Å². The second kappa shape index (κ2) is 8.10. The number of hydrogen-bond donors (Lipinski definition) is 2. The van der Waals surface area contributed by atoms with Gasteiger partial charge in [0.25, 0.3) is 15.9 Å². The number of amides is 1. The molecule has 7 nitrogen and oxygen atoms in total. The average molecular weight is 451 g/mol. The second-order valence-electron chi connectivity index (χ2n) is 7.23. The second-order valence-corrected chi connectivity index (χ2v) is 10.3. The van der Waals surface area contributed by atoms with E-state index in [2.05, 4.69) is 20.2 Å². The van der Waals surface area contributed by atoms with Gasteiger partial charge in [-0.3, -0.25) is 14.8 Å². The van der Waals surface area contributed by atoms with Gasteiger partial charge in [0.05, 0.1) is 15.6 Å². The van der Waals surface area contributed by atoms with E-state index in [-0.39, 0.29) is 26.6 Å². The molecule has 0 saturated carbocycles. The average Bonchev–Trinajstić information content (AvgIpc) is 3.12. The number of carbonyl (C=O) groups is 1. The molecule has 0 aliphatic carbocycles. The van der Waals surface area contributed by atoms with E-state index in [1.807, 2.05) is 20.8 Å². The van der Waals surface area contributed by atoms with Gasteiger partial charge in [0, 0.05) is 11.0 Å². The Labute approximate surface area is 178 Å². The molecule has 0 bridgehead atoms. The zero-order valence-corrected chi connectivity index (χ0v) is 18.3. The lowest BCUT2D eigenvalue weighted by atomic mass is 9.98. The standard InChI is InChI=1S/C19H19ClN4O3S2/c1-19(2,3)17-22-23-18(28-17)21-16(25)12-7-6-8-13(11-12)29(26,27)24-15-10-5-4-9-14(15)20/h4-11,24H,1-3H3,(H,21,23,25). The minimum Gasteiger partial charge on any atom is -0.296 e. The number of hydrogen-bond acceptors (Lipinski definition) is 6. The fourth-order valence-electron chi connectivity index (χ4n) is 2.30. The molecule has 1 amide bonds. The van der Waals surface area contributed by atoms with Crippen molar-refractivity contribution in [1.82, 2.24) is 10.2 Å². The number of sulfonamides is 1. The van der Waals surface area contributed by atoms with E-state index in [1.54, 1.807) is 24.3 Å². The Hall–Kier alpha value is -2.49. The number of nitrogens with zero attached hydrogens (tertiary/aromatic N) is 2. The van der Waals surface area contributed by atoms with E-state index in [1.165, 1.54) is 35.6 Å². The van der Waals surface area contributed by atoms with E-state index >= 15 is 0 Å². The molecule has 10 heteroatoms. The maximum atomic E-state index is 12.7. The van der Waals surface area contributed by atoms with Gasteiger partial charge in [-0.1, -0.05) is 61.9 Å². The van der Waals surface area contributed by atoms with E-state index in [0.29, 0.717) is 5.13 Å². The van der Waals surface area contributed by atoms with Crippen molar-refractivity contribution < 1.29 is 13.2 Å². The van der Waals surface area contributed by atoms with Gasteiger partial charge in [-0.15, -0.1) is 10.2 Å². The van der Waals surface area contributed by atoms with Crippen molar-refractivity contribution in [1.29, 1.82) is 0 Å². The molecule has 29 heavy (non-hydrogen) atoms. The van der Waals surface area contributed by atoms with Gasteiger partial charge in [-0.25, -0.2) is 8.42 Å². The van der Waals surface area contributed by atoms with Gasteiger partial charge in [0.1, 0.15) is 5.01 Å². The SMILES string of the molecule is CC(C)(C)c1nnc(NC(=O)c2cccc(S(=O)(=O)Nc3ccccc3Cl)c2)s1. The van der Waals surface area contributed by atoms with Crippen LogP contribution < -0.4 is 10.0 Å². The van der Waals surface area contributed by atoms with Crippen molar-refractivity contribution in [2.45, 2.75) is 31.1 Å². The Bertz CT molecular complexity index is 1150. The van der Waals surface area contributed by atoms with E-state index in [4.69, 9.17) is 11.6 Å². The lowest BCUT2D eigenvalue weighted by Gasteiger charge is -2.12. The lowest BCUT2D eigenvalue weighted by molar-refractivity contribution is 0.102. The summed E-state index contributed by atoms with van der Waals surface area (Å²) in [4.78, 5) is 12.5. The number of halogens is 1. The van der Waals surface area contributed by atoms with Crippen LogP contribution in [0.5, 0.6) is 0 Å². The first-order valence-electron chi connectivity index (χ1n) is 8.59. The van der Waals surface area contributed by atoms with Crippen LogP contribution >= 0.6 is 22.9 Å². The first kappa shape index (κ1) is 21.2. The molecular weight excluding hydrogens is 432 g/mol. The summed E-state index contributed by atoms with van der Waals surface area (Å²) in [6.07, 6.45) is 0. The molecule has 0 atom stereocenters. The van der Waals surface area contributed by atoms with Gasteiger partial charge in [0.2, 0.25) is 5.13 Å². The Morgan fingerprint density at radius 1 is 1.07 bits per heavy atom. The third-order valence-electron chi connectivity index (χ3n) is 3.81. The van der Waals surface area contributed by atoms with Crippen molar-refractivity contribution in [3.63, 3.8) is 0 Å². The van der Waals surface area contributed by atoms with Gasteiger partial charge in [0.15, 0.2) is 0 Å². The highest BCUT2D eigenvalue weighted by Crippen LogP contribution is 2.28. The zero-order chi connectivity index (χ0) is 21.2. The monoisotopic (exact) mass is 450 g/mol. The summed E-state index contributed by atoms with van der Waals surface area (Å²) in [5.74, 6) is -0.476. The quantitative estimate of drug-likeness (QED) is 0.594. The molecule has 0 unspecified atom stereocenters. The van der Waals surface area contributed by atoms with Crippen LogP contribution in [0.2, 0.25) is 5.02 Å². The maximum Gasteiger partial charge on any atom is 0.261 e. The molecule has 0 aliphatic rings. The minimum atomic E-state index is -3.92. The van der Waals surface area contributed by atoms with Crippen LogP contribution in [-0.2, 0) is 15.4 Å². The maximum absolute atomic E-state index is 12.7. The van der Waals surface area contributed by atoms with Crippen molar-refractivity contribution >= 4 is 49.7 Å².